The molecule has 10 heteroatoms. The lowest BCUT2D eigenvalue weighted by molar-refractivity contribution is 0.102. The Morgan fingerprint density at radius 2 is 1.93 bits per heavy atom. The second kappa shape index (κ2) is 7.71. The van der Waals surface area contributed by atoms with Crippen LogP contribution in [0.1, 0.15) is 55.2 Å². The molecule has 9 nitrogen and oxygen atoms in total. The highest BCUT2D eigenvalue weighted by Gasteiger charge is 2.30. The molecule has 2 aromatic heterocycles. The Balaban J connectivity index is 1.87. The fourth-order valence-electron chi connectivity index (χ4n) is 3.03. The molecule has 1 fully saturated rings. The van der Waals surface area contributed by atoms with Gasteiger partial charge in [-0.05, 0) is 26.2 Å². The van der Waals surface area contributed by atoms with Crippen LogP contribution < -0.4 is 17.0 Å². The summed E-state index contributed by atoms with van der Waals surface area (Å²) in [5.41, 5.74) is 4.70. The van der Waals surface area contributed by atoms with Gasteiger partial charge in [0.15, 0.2) is 10.9 Å². The largest absolute Gasteiger partial charge is 0.384 e. The summed E-state index contributed by atoms with van der Waals surface area (Å²) in [7, 11) is 1.36. The van der Waals surface area contributed by atoms with Crippen LogP contribution in [-0.4, -0.2) is 35.4 Å². The van der Waals surface area contributed by atoms with Gasteiger partial charge in [-0.3, -0.25) is 18.7 Å². The molecule has 1 aliphatic carbocycles. The minimum atomic E-state index is -0.661. The van der Waals surface area contributed by atoms with Crippen molar-refractivity contribution in [2.24, 2.45) is 7.05 Å². The zero-order chi connectivity index (χ0) is 19.7. The average Bonchev–Trinajstić information content (AvgIpc) is 3.41. The first kappa shape index (κ1) is 19.4. The number of hydrogen-bond acceptors (Lipinski definition) is 7. The molecule has 0 atom stereocenters. The zero-order valence-corrected chi connectivity index (χ0v) is 16.6. The molecule has 2 aromatic rings. The Morgan fingerprint density at radius 1 is 1.22 bits per heavy atom. The topological polar surface area (TPSA) is 118 Å². The van der Waals surface area contributed by atoms with E-state index in [-0.39, 0.29) is 17.1 Å². The van der Waals surface area contributed by atoms with Gasteiger partial charge in [0.05, 0.1) is 5.75 Å². The van der Waals surface area contributed by atoms with Crippen LogP contribution in [0, 0.1) is 0 Å². The van der Waals surface area contributed by atoms with Crippen LogP contribution in [0.4, 0.5) is 5.82 Å². The molecule has 27 heavy (non-hydrogen) atoms. The van der Waals surface area contributed by atoms with Crippen LogP contribution >= 0.6 is 11.8 Å². The van der Waals surface area contributed by atoms with E-state index in [1.807, 2.05) is 18.4 Å². The normalized spacial score (nSPS) is 13.9. The molecule has 146 valence electrons. The fourth-order valence-corrected chi connectivity index (χ4v) is 3.92. The highest BCUT2D eigenvalue weighted by atomic mass is 32.2. The van der Waals surface area contributed by atoms with Gasteiger partial charge in [0.1, 0.15) is 17.2 Å². The third kappa shape index (κ3) is 3.58. The van der Waals surface area contributed by atoms with E-state index in [4.69, 9.17) is 5.73 Å². The maximum Gasteiger partial charge on any atom is 0.332 e. The van der Waals surface area contributed by atoms with Gasteiger partial charge >= 0.3 is 5.69 Å². The third-order valence-electron chi connectivity index (χ3n) is 4.65. The Labute approximate surface area is 160 Å². The number of aromatic nitrogens is 5. The highest BCUT2D eigenvalue weighted by Crippen LogP contribution is 2.40. The number of rotatable bonds is 8. The van der Waals surface area contributed by atoms with Crippen LogP contribution in [0.3, 0.4) is 0 Å². The number of nitrogen functional groups attached to an aromatic ring is 1. The lowest BCUT2D eigenvalue weighted by atomic mass is 10.2. The van der Waals surface area contributed by atoms with E-state index in [0.29, 0.717) is 24.0 Å². The van der Waals surface area contributed by atoms with Crippen LogP contribution in [0.5, 0.6) is 0 Å². The summed E-state index contributed by atoms with van der Waals surface area (Å²) >= 11 is 1.24. The van der Waals surface area contributed by atoms with E-state index in [1.54, 1.807) is 0 Å². The monoisotopic (exact) mass is 392 g/mol. The Hall–Kier alpha value is -2.36. The van der Waals surface area contributed by atoms with Gasteiger partial charge in [-0.2, -0.15) is 0 Å². The Morgan fingerprint density at radius 3 is 2.52 bits per heavy atom. The van der Waals surface area contributed by atoms with Crippen LogP contribution in [0.15, 0.2) is 14.7 Å². The number of carbonyl (C=O) groups is 1. The summed E-state index contributed by atoms with van der Waals surface area (Å²) in [6.45, 7) is 4.97. The van der Waals surface area contributed by atoms with Crippen molar-refractivity contribution < 1.29 is 4.79 Å². The minimum absolute atomic E-state index is 0.00652. The molecule has 1 saturated carbocycles. The SMILES string of the molecule is CCCn1c(N)c(C(=O)CSc2nnc(C3CC3)n2CC)c(=O)n(C)c1=O. The Bertz CT molecular complexity index is 986. The van der Waals surface area contributed by atoms with E-state index in [9.17, 15) is 14.4 Å². The number of nitrogens with two attached hydrogens (primary N) is 1. The average molecular weight is 392 g/mol. The number of anilines is 1. The first-order chi connectivity index (χ1) is 12.9. The van der Waals surface area contributed by atoms with Gasteiger partial charge in [-0.15, -0.1) is 10.2 Å². The van der Waals surface area contributed by atoms with Gasteiger partial charge in [0, 0.05) is 26.1 Å². The number of thioether (sulfide) groups is 1. The van der Waals surface area contributed by atoms with E-state index in [0.717, 1.165) is 29.8 Å². The first-order valence-electron chi connectivity index (χ1n) is 9.09. The summed E-state index contributed by atoms with van der Waals surface area (Å²) in [6, 6.07) is 0. The predicted molar refractivity (Wildman–Crippen MR) is 103 cm³/mol. The maximum absolute atomic E-state index is 12.7. The molecule has 0 saturated heterocycles. The van der Waals surface area contributed by atoms with Crippen molar-refractivity contribution in [3.63, 3.8) is 0 Å². The standard InChI is InChI=1S/C17H24N6O3S/c1-4-8-23-13(18)12(15(25)21(3)17(23)26)11(24)9-27-16-20-19-14(10-6-7-10)22(16)5-2/h10H,4-9,18H2,1-3H3. The molecule has 2 N–H and O–H groups in total. The van der Waals surface area contributed by atoms with E-state index in [1.165, 1.54) is 23.4 Å². The number of nitrogens with zero attached hydrogens (tertiary/aromatic N) is 5. The molecule has 0 amide bonds. The number of Topliss-reactive ketones (excluding diaryl/α,β-unsaturated/α-hetero) is 1. The van der Waals surface area contributed by atoms with Crippen molar-refractivity contribution in [3.8, 4) is 0 Å². The molecule has 0 aromatic carbocycles. The van der Waals surface area contributed by atoms with Gasteiger partial charge in [-0.1, -0.05) is 18.7 Å². The first-order valence-corrected chi connectivity index (χ1v) is 10.1. The van der Waals surface area contributed by atoms with E-state index >= 15 is 0 Å². The zero-order valence-electron chi connectivity index (χ0n) is 15.8. The van der Waals surface area contributed by atoms with Crippen LogP contribution in [-0.2, 0) is 20.1 Å². The predicted octanol–water partition coefficient (Wildman–Crippen LogP) is 1.00. The molecule has 0 spiro atoms. The molecule has 3 rings (SSSR count). The quantitative estimate of drug-likeness (QED) is 0.526. The third-order valence-corrected chi connectivity index (χ3v) is 5.61. The van der Waals surface area contributed by atoms with Crippen molar-refractivity contribution in [3.05, 3.63) is 32.2 Å². The molecule has 0 bridgehead atoms. The second-order valence-corrected chi connectivity index (χ2v) is 7.57. The smallest absolute Gasteiger partial charge is 0.332 e. The van der Waals surface area contributed by atoms with Crippen LogP contribution in [0.25, 0.3) is 0 Å². The Kier molecular flexibility index (Phi) is 5.54. The molecule has 0 radical (unpaired) electrons. The lowest BCUT2D eigenvalue weighted by Gasteiger charge is -2.13. The summed E-state index contributed by atoms with van der Waals surface area (Å²) < 4.78 is 4.22. The van der Waals surface area contributed by atoms with Crippen molar-refractivity contribution in [2.75, 3.05) is 11.5 Å². The van der Waals surface area contributed by atoms with Crippen molar-refractivity contribution in [2.45, 2.75) is 57.3 Å². The lowest BCUT2D eigenvalue weighted by Crippen LogP contribution is -2.42. The van der Waals surface area contributed by atoms with Gasteiger partial charge in [0.25, 0.3) is 5.56 Å². The highest BCUT2D eigenvalue weighted by molar-refractivity contribution is 7.99. The summed E-state index contributed by atoms with van der Waals surface area (Å²) in [4.78, 5) is 37.4. The van der Waals surface area contributed by atoms with Crippen LogP contribution in [0.2, 0.25) is 0 Å². The molecule has 0 aliphatic heterocycles. The molecule has 1 aliphatic rings. The molecular weight excluding hydrogens is 368 g/mol. The minimum Gasteiger partial charge on any atom is -0.384 e. The number of hydrogen-bond donors (Lipinski definition) is 1. The molecule has 2 heterocycles. The van der Waals surface area contributed by atoms with E-state index < -0.39 is 17.0 Å². The van der Waals surface area contributed by atoms with Gasteiger partial charge < -0.3 is 10.3 Å². The maximum atomic E-state index is 12.7. The van der Waals surface area contributed by atoms with Crippen molar-refractivity contribution in [1.82, 2.24) is 23.9 Å². The second-order valence-electron chi connectivity index (χ2n) is 6.63. The summed E-state index contributed by atoms with van der Waals surface area (Å²) in [5, 5.41) is 9.09. The van der Waals surface area contributed by atoms with Crippen molar-refractivity contribution >= 4 is 23.4 Å². The number of ketones is 1. The molecular formula is C17H24N6O3S. The van der Waals surface area contributed by atoms with Gasteiger partial charge in [0.2, 0.25) is 0 Å². The molecule has 0 unspecified atom stereocenters. The fraction of sp³-hybridized carbons (Fsp3) is 0.588. The summed E-state index contributed by atoms with van der Waals surface area (Å²) in [6.07, 6.45) is 2.90. The van der Waals surface area contributed by atoms with Gasteiger partial charge in [-0.25, -0.2) is 4.79 Å². The van der Waals surface area contributed by atoms with Crippen molar-refractivity contribution in [1.29, 1.82) is 0 Å². The number of carbonyl (C=O) groups excluding carboxylic acids is 1. The van der Waals surface area contributed by atoms with E-state index in [2.05, 4.69) is 10.2 Å². The summed E-state index contributed by atoms with van der Waals surface area (Å²) in [5.74, 6) is 0.946.